The van der Waals surface area contributed by atoms with Crippen molar-refractivity contribution in [3.63, 3.8) is 0 Å². The van der Waals surface area contributed by atoms with Gasteiger partial charge in [-0.25, -0.2) is 0 Å². The maximum Gasteiger partial charge on any atom is 0.219 e. The molecule has 54 valence electrons. The van der Waals surface area contributed by atoms with Crippen molar-refractivity contribution in [2.75, 3.05) is 0 Å². The summed E-state index contributed by atoms with van der Waals surface area (Å²) in [5.41, 5.74) is 0.825. The second-order valence-electron chi connectivity index (χ2n) is 1.95. The first-order valence-corrected chi connectivity index (χ1v) is 3.11. The summed E-state index contributed by atoms with van der Waals surface area (Å²) < 4.78 is 0. The Bertz CT molecular complexity index is 314. The minimum Gasteiger partial charge on any atom is -0.359 e. The molecule has 2 aromatic rings. The van der Waals surface area contributed by atoms with Crippen LogP contribution in [0.1, 0.15) is 0 Å². The highest BCUT2D eigenvalue weighted by Crippen LogP contribution is 2.06. The Balaban J connectivity index is 2.46. The molecule has 0 amide bonds. The zero-order valence-electron chi connectivity index (χ0n) is 5.60. The van der Waals surface area contributed by atoms with Crippen molar-refractivity contribution in [2.24, 2.45) is 0 Å². The lowest BCUT2D eigenvalue weighted by atomic mass is 10.4. The maximum absolute atomic E-state index is 3.77. The fourth-order valence-corrected chi connectivity index (χ4v) is 0.781. The summed E-state index contributed by atoms with van der Waals surface area (Å²) in [6.07, 6.45) is 3.10. The largest absolute Gasteiger partial charge is 0.359 e. The number of rotatable bonds is 1. The summed E-state index contributed by atoms with van der Waals surface area (Å²) in [6, 6.07) is 3.73. The molecular formula is C6H5N5. The van der Waals surface area contributed by atoms with Gasteiger partial charge in [0.1, 0.15) is 0 Å². The summed E-state index contributed by atoms with van der Waals surface area (Å²) in [4.78, 5) is 2.95. The van der Waals surface area contributed by atoms with Crippen LogP contribution in [0.4, 0.5) is 0 Å². The van der Waals surface area contributed by atoms with Crippen molar-refractivity contribution in [3.05, 3.63) is 24.7 Å². The van der Waals surface area contributed by atoms with Crippen LogP contribution >= 0.6 is 0 Å². The van der Waals surface area contributed by atoms with E-state index in [1.165, 1.54) is 6.33 Å². The van der Waals surface area contributed by atoms with Gasteiger partial charge in [0, 0.05) is 6.20 Å². The van der Waals surface area contributed by atoms with E-state index in [0.717, 1.165) is 5.69 Å². The molecule has 2 heterocycles. The molecule has 0 spiro atoms. The number of hydrogen-bond acceptors (Lipinski definition) is 4. The van der Waals surface area contributed by atoms with Gasteiger partial charge in [-0.15, -0.1) is 20.4 Å². The second-order valence-corrected chi connectivity index (χ2v) is 1.95. The monoisotopic (exact) mass is 147 g/mol. The third kappa shape index (κ3) is 1.07. The molecule has 0 aromatic carbocycles. The number of hydrogen-bond donors (Lipinski definition) is 1. The lowest BCUT2D eigenvalue weighted by molar-refractivity contribution is 0.860. The van der Waals surface area contributed by atoms with Crippen molar-refractivity contribution in [2.45, 2.75) is 0 Å². The number of nitrogens with one attached hydrogen (secondary N) is 1. The van der Waals surface area contributed by atoms with Gasteiger partial charge in [-0.05, 0) is 12.1 Å². The van der Waals surface area contributed by atoms with Gasteiger partial charge in [0.05, 0.1) is 5.69 Å². The Hall–Kier alpha value is -1.78. The average Bonchev–Trinajstić information content (AvgIpc) is 2.58. The lowest BCUT2D eigenvalue weighted by Gasteiger charge is -1.89. The number of aromatic nitrogens is 5. The van der Waals surface area contributed by atoms with Crippen LogP contribution in [0.5, 0.6) is 0 Å². The summed E-state index contributed by atoms with van der Waals surface area (Å²) in [5, 5.41) is 14.7. The lowest BCUT2D eigenvalue weighted by Crippen LogP contribution is -1.93. The van der Waals surface area contributed by atoms with Gasteiger partial charge in [0.2, 0.25) is 5.82 Å². The highest BCUT2D eigenvalue weighted by molar-refractivity contribution is 5.46. The highest BCUT2D eigenvalue weighted by atomic mass is 15.3. The summed E-state index contributed by atoms with van der Waals surface area (Å²) >= 11 is 0. The number of aromatic amines is 1. The van der Waals surface area contributed by atoms with E-state index in [1.807, 2.05) is 12.1 Å². The standard InChI is InChI=1S/C6H5N5/c1-2-5(7-3-1)6-10-8-4-9-11-6/h1-4,7H. The van der Waals surface area contributed by atoms with Crippen LogP contribution in [-0.4, -0.2) is 25.4 Å². The molecule has 0 aliphatic rings. The molecular weight excluding hydrogens is 142 g/mol. The zero-order chi connectivity index (χ0) is 7.52. The van der Waals surface area contributed by atoms with E-state index in [2.05, 4.69) is 25.4 Å². The SMILES string of the molecule is c1c[nH]c(-c2nncnn2)c1. The summed E-state index contributed by atoms with van der Waals surface area (Å²) in [5.74, 6) is 0.512. The van der Waals surface area contributed by atoms with Crippen LogP contribution in [0.2, 0.25) is 0 Å². The third-order valence-electron chi connectivity index (χ3n) is 1.25. The first-order valence-electron chi connectivity index (χ1n) is 3.11. The van der Waals surface area contributed by atoms with E-state index in [-0.39, 0.29) is 0 Å². The molecule has 0 radical (unpaired) electrons. The molecule has 0 aliphatic carbocycles. The van der Waals surface area contributed by atoms with E-state index >= 15 is 0 Å². The Morgan fingerprint density at radius 1 is 1.18 bits per heavy atom. The van der Waals surface area contributed by atoms with Crippen LogP contribution in [-0.2, 0) is 0 Å². The van der Waals surface area contributed by atoms with E-state index < -0.39 is 0 Å². The van der Waals surface area contributed by atoms with Gasteiger partial charge in [-0.2, -0.15) is 0 Å². The fourth-order valence-electron chi connectivity index (χ4n) is 0.781. The van der Waals surface area contributed by atoms with Crippen molar-refractivity contribution < 1.29 is 0 Å². The molecule has 1 N–H and O–H groups in total. The minimum absolute atomic E-state index is 0.512. The van der Waals surface area contributed by atoms with Gasteiger partial charge >= 0.3 is 0 Å². The van der Waals surface area contributed by atoms with Gasteiger partial charge in [0.25, 0.3) is 0 Å². The van der Waals surface area contributed by atoms with E-state index in [0.29, 0.717) is 5.82 Å². The molecule has 2 rings (SSSR count). The number of H-pyrrole nitrogens is 1. The summed E-state index contributed by atoms with van der Waals surface area (Å²) in [6.45, 7) is 0. The first-order chi connectivity index (χ1) is 5.47. The van der Waals surface area contributed by atoms with Gasteiger partial charge in [-0.1, -0.05) is 0 Å². The second kappa shape index (κ2) is 2.45. The molecule has 0 atom stereocenters. The van der Waals surface area contributed by atoms with Crippen LogP contribution in [0.15, 0.2) is 24.7 Å². The normalized spacial score (nSPS) is 9.82. The third-order valence-corrected chi connectivity index (χ3v) is 1.25. The van der Waals surface area contributed by atoms with E-state index in [1.54, 1.807) is 6.20 Å². The molecule has 0 fully saturated rings. The first kappa shape index (κ1) is 5.96. The van der Waals surface area contributed by atoms with Gasteiger partial charge in [0.15, 0.2) is 6.33 Å². The molecule has 0 bridgehead atoms. The Morgan fingerprint density at radius 3 is 2.64 bits per heavy atom. The molecule has 5 nitrogen and oxygen atoms in total. The molecule has 0 saturated carbocycles. The van der Waals surface area contributed by atoms with Crippen molar-refractivity contribution in [3.8, 4) is 11.5 Å². The average molecular weight is 147 g/mol. The molecule has 0 saturated heterocycles. The molecule has 11 heavy (non-hydrogen) atoms. The maximum atomic E-state index is 3.77. The van der Waals surface area contributed by atoms with Crippen LogP contribution in [0.25, 0.3) is 11.5 Å². The van der Waals surface area contributed by atoms with Gasteiger partial charge < -0.3 is 4.98 Å². The van der Waals surface area contributed by atoms with Crippen LogP contribution in [0.3, 0.4) is 0 Å². The highest BCUT2D eigenvalue weighted by Gasteiger charge is 1.99. The van der Waals surface area contributed by atoms with Crippen molar-refractivity contribution in [1.82, 2.24) is 25.4 Å². The predicted octanol–water partition coefficient (Wildman–Crippen LogP) is 0.262. The topological polar surface area (TPSA) is 67.3 Å². The summed E-state index contributed by atoms with van der Waals surface area (Å²) in [7, 11) is 0. The van der Waals surface area contributed by atoms with E-state index in [9.17, 15) is 0 Å². The Kier molecular flexibility index (Phi) is 1.33. The van der Waals surface area contributed by atoms with Crippen LogP contribution < -0.4 is 0 Å². The molecule has 2 aromatic heterocycles. The molecule has 0 unspecified atom stereocenters. The smallest absolute Gasteiger partial charge is 0.219 e. The predicted molar refractivity (Wildman–Crippen MR) is 37.4 cm³/mol. The Labute approximate surface area is 62.5 Å². The molecule has 0 aliphatic heterocycles. The van der Waals surface area contributed by atoms with Crippen LogP contribution in [0, 0.1) is 0 Å². The van der Waals surface area contributed by atoms with Gasteiger partial charge in [-0.3, -0.25) is 0 Å². The van der Waals surface area contributed by atoms with E-state index in [4.69, 9.17) is 0 Å². The van der Waals surface area contributed by atoms with Crippen molar-refractivity contribution >= 4 is 0 Å². The number of nitrogens with zero attached hydrogens (tertiary/aromatic N) is 4. The minimum atomic E-state index is 0.512. The fraction of sp³-hybridized carbons (Fsp3) is 0. The molecule has 5 heteroatoms. The Morgan fingerprint density at radius 2 is 2.00 bits per heavy atom. The zero-order valence-corrected chi connectivity index (χ0v) is 5.60. The quantitative estimate of drug-likeness (QED) is 0.628. The van der Waals surface area contributed by atoms with Crippen molar-refractivity contribution in [1.29, 1.82) is 0 Å².